The number of hydrogen-bond acceptors (Lipinski definition) is 12. The van der Waals surface area contributed by atoms with Crippen molar-refractivity contribution < 1.29 is 38.6 Å². The van der Waals surface area contributed by atoms with Gasteiger partial charge in [0.05, 0.1) is 29.9 Å². The number of carbonyl (C=O) groups excluding carboxylic acids is 1. The molecule has 2 N–H and O–H groups in total. The molecule has 18 heteroatoms. The number of nitrogens with one attached hydrogen (secondary N) is 1. The van der Waals surface area contributed by atoms with Gasteiger partial charge in [0, 0.05) is 34.0 Å². The fraction of sp³-hybridized carbons (Fsp3) is 0.167. The molecule has 0 bridgehead atoms. The minimum absolute atomic E-state index is 0.0264. The molecule has 2 heterocycles. The van der Waals surface area contributed by atoms with Crippen molar-refractivity contribution in [2.45, 2.75) is 32.1 Å². The number of carbonyl (C=O) groups is 2. The van der Waals surface area contributed by atoms with Crippen LogP contribution in [0.25, 0.3) is 11.0 Å². The molecule has 1 amide bonds. The maximum Gasteiger partial charge on any atom is 0.490 e. The molecule has 0 fully saturated rings. The van der Waals surface area contributed by atoms with Crippen LogP contribution in [0.2, 0.25) is 5.02 Å². The number of aromatic nitrogens is 5. The Morgan fingerprint density at radius 1 is 0.850 bits per heavy atom. The van der Waals surface area contributed by atoms with Crippen molar-refractivity contribution in [1.29, 1.82) is 0 Å². The second-order valence-electron chi connectivity index (χ2n) is 12.7. The molecular weight excluding hydrogens is 814 g/mol. The zero-order valence-corrected chi connectivity index (χ0v) is 33.8. The number of hydrogen-bond donors (Lipinski definition) is 2. The van der Waals surface area contributed by atoms with Crippen LogP contribution in [0.1, 0.15) is 12.5 Å². The molecule has 0 aliphatic rings. The van der Waals surface area contributed by atoms with Gasteiger partial charge in [-0.3, -0.25) is 9.59 Å². The van der Waals surface area contributed by atoms with Gasteiger partial charge in [0.2, 0.25) is 12.2 Å². The lowest BCUT2D eigenvalue weighted by atomic mass is 10.2. The summed E-state index contributed by atoms with van der Waals surface area (Å²) in [5, 5.41) is 27.4. The van der Waals surface area contributed by atoms with Crippen molar-refractivity contribution in [3.8, 4) is 34.5 Å². The van der Waals surface area contributed by atoms with Crippen LogP contribution in [-0.4, -0.2) is 65.2 Å². The molecule has 16 nitrogen and oxygen atoms in total. The first-order chi connectivity index (χ1) is 29.0. The fourth-order valence-corrected chi connectivity index (χ4v) is 6.45. The normalized spacial score (nSPS) is 10.7. The van der Waals surface area contributed by atoms with Crippen LogP contribution in [0.5, 0.6) is 34.5 Å². The first-order valence-electron chi connectivity index (χ1n) is 18.3. The molecule has 0 unspecified atom stereocenters. The van der Waals surface area contributed by atoms with E-state index in [-0.39, 0.29) is 12.3 Å². The van der Waals surface area contributed by atoms with Gasteiger partial charge in [-0.1, -0.05) is 52.6 Å². The number of carboxylic acids is 1. The standard InChI is InChI=1S/C25H23N5O6.C17H15ClN2O3S/c1-3-34-19-7-9-20(10-8-19)35-22-12-18(13-23(14-22)36-21-6-4-5-17(2)11-21)27-24(31)15-29-16-26-25(28-29)30(32)33;18-12-5-7-13(8-6-12)23-10-9-20-15-4-2-1-3-14(15)19-17(20)24-11-16(21)22/h4-14,16H,3,15H2,1-2H3,(H,27,31);1-8H,9-11H2,(H,21,22). The number of benzene rings is 5. The van der Waals surface area contributed by atoms with Gasteiger partial charge in [-0.25, -0.2) is 4.98 Å². The molecular formula is C42H38ClN7O9S. The summed E-state index contributed by atoms with van der Waals surface area (Å²) in [4.78, 5) is 41.5. The smallest absolute Gasteiger partial charge is 0.490 e. The molecule has 0 aliphatic heterocycles. The van der Waals surface area contributed by atoms with Gasteiger partial charge >= 0.3 is 11.9 Å². The van der Waals surface area contributed by atoms with E-state index in [1.165, 1.54) is 11.8 Å². The van der Waals surface area contributed by atoms with Crippen LogP contribution in [0.4, 0.5) is 11.6 Å². The molecule has 2 aromatic heterocycles. The Morgan fingerprint density at radius 3 is 2.22 bits per heavy atom. The van der Waals surface area contributed by atoms with Crippen LogP contribution < -0.4 is 24.3 Å². The number of anilines is 1. The lowest BCUT2D eigenvalue weighted by molar-refractivity contribution is -0.394. The number of carboxylic acid groups (broad SMARTS) is 1. The van der Waals surface area contributed by atoms with Crippen LogP contribution in [0, 0.1) is 17.0 Å². The van der Waals surface area contributed by atoms with Crippen molar-refractivity contribution in [2.75, 3.05) is 24.3 Å². The molecule has 7 rings (SSSR count). The Labute approximate surface area is 352 Å². The van der Waals surface area contributed by atoms with E-state index in [2.05, 4.69) is 20.4 Å². The number of para-hydroxylation sites is 2. The molecule has 0 saturated carbocycles. The summed E-state index contributed by atoms with van der Waals surface area (Å²) in [6.45, 7) is 5.18. The summed E-state index contributed by atoms with van der Waals surface area (Å²) < 4.78 is 26.3. The van der Waals surface area contributed by atoms with Gasteiger partial charge in [-0.15, -0.1) is 0 Å². The highest BCUT2D eigenvalue weighted by atomic mass is 35.5. The van der Waals surface area contributed by atoms with E-state index in [0.717, 1.165) is 39.1 Å². The Balaban J connectivity index is 0.000000218. The van der Waals surface area contributed by atoms with Gasteiger partial charge in [0.25, 0.3) is 0 Å². The second kappa shape index (κ2) is 20.5. The maximum atomic E-state index is 12.6. The van der Waals surface area contributed by atoms with Gasteiger partial charge < -0.3 is 44.1 Å². The summed E-state index contributed by atoms with van der Waals surface area (Å²) in [7, 11) is 0. The molecule has 0 aliphatic carbocycles. The average Bonchev–Trinajstić information content (AvgIpc) is 3.83. The third-order valence-corrected chi connectivity index (χ3v) is 9.31. The summed E-state index contributed by atoms with van der Waals surface area (Å²) in [6, 6.07) is 34.6. The SMILES string of the molecule is CCOc1ccc(Oc2cc(NC(=O)Cn3cnc([N+](=O)[O-])n3)cc(Oc3cccc(C)c3)c2)cc1.O=C(O)CSc1nc2ccccc2n1CCOc1ccc(Cl)cc1. The number of nitrogens with zero attached hydrogens (tertiary/aromatic N) is 6. The third kappa shape index (κ3) is 12.4. The monoisotopic (exact) mass is 851 g/mol. The number of rotatable bonds is 17. The fourth-order valence-electron chi connectivity index (χ4n) is 5.57. The van der Waals surface area contributed by atoms with Gasteiger partial charge in [0.15, 0.2) is 5.16 Å². The molecule has 308 valence electrons. The van der Waals surface area contributed by atoms with Crippen molar-refractivity contribution >= 4 is 57.9 Å². The van der Waals surface area contributed by atoms with E-state index in [9.17, 15) is 19.7 Å². The van der Waals surface area contributed by atoms with Gasteiger partial charge in [0.1, 0.15) is 47.6 Å². The minimum Gasteiger partial charge on any atom is -0.494 e. The quantitative estimate of drug-likeness (QED) is 0.0501. The van der Waals surface area contributed by atoms with E-state index in [4.69, 9.17) is 35.7 Å². The zero-order valence-electron chi connectivity index (χ0n) is 32.3. The van der Waals surface area contributed by atoms with Crippen LogP contribution in [0.15, 0.2) is 127 Å². The summed E-state index contributed by atoms with van der Waals surface area (Å²) in [5.74, 6) is 1.59. The van der Waals surface area contributed by atoms with Crippen molar-refractivity contribution in [1.82, 2.24) is 24.3 Å². The van der Waals surface area contributed by atoms with E-state index >= 15 is 0 Å². The molecule has 5 aromatic carbocycles. The number of thioether (sulfide) groups is 1. The number of amides is 1. The van der Waals surface area contributed by atoms with Crippen molar-refractivity contribution in [3.63, 3.8) is 0 Å². The van der Waals surface area contributed by atoms with Crippen LogP contribution in [0.3, 0.4) is 0 Å². The predicted octanol–water partition coefficient (Wildman–Crippen LogP) is 9.06. The number of fused-ring (bicyclic) bond motifs is 1. The van der Waals surface area contributed by atoms with Crippen LogP contribution >= 0.6 is 23.4 Å². The summed E-state index contributed by atoms with van der Waals surface area (Å²) in [5.41, 5.74) is 3.24. The van der Waals surface area contributed by atoms with E-state index < -0.39 is 22.7 Å². The number of halogens is 1. The number of nitro groups is 1. The number of aryl methyl sites for hydroxylation is 1. The lowest BCUT2D eigenvalue weighted by Gasteiger charge is -2.13. The molecule has 60 heavy (non-hydrogen) atoms. The lowest BCUT2D eigenvalue weighted by Crippen LogP contribution is -2.19. The third-order valence-electron chi connectivity index (χ3n) is 8.09. The maximum absolute atomic E-state index is 12.6. The highest BCUT2D eigenvalue weighted by Crippen LogP contribution is 2.33. The topological polar surface area (TPSA) is 195 Å². The predicted molar refractivity (Wildman–Crippen MR) is 226 cm³/mol. The number of ether oxygens (including phenoxy) is 4. The molecule has 0 spiro atoms. The van der Waals surface area contributed by atoms with Crippen molar-refractivity contribution in [2.24, 2.45) is 0 Å². The van der Waals surface area contributed by atoms with Gasteiger partial charge in [-0.2, -0.15) is 4.68 Å². The summed E-state index contributed by atoms with van der Waals surface area (Å²) in [6.07, 6.45) is 1.12. The Bertz CT molecular complexity index is 2570. The molecule has 0 saturated heterocycles. The van der Waals surface area contributed by atoms with Crippen LogP contribution in [-0.2, 0) is 22.7 Å². The molecule has 0 atom stereocenters. The highest BCUT2D eigenvalue weighted by molar-refractivity contribution is 7.99. The van der Waals surface area contributed by atoms with E-state index in [1.807, 2.05) is 79.1 Å². The Kier molecular flexibility index (Phi) is 14.5. The average molecular weight is 852 g/mol. The Morgan fingerprint density at radius 2 is 1.53 bits per heavy atom. The first-order valence-corrected chi connectivity index (χ1v) is 19.7. The summed E-state index contributed by atoms with van der Waals surface area (Å²) >= 11 is 7.06. The molecule has 0 radical (unpaired) electrons. The largest absolute Gasteiger partial charge is 0.494 e. The Hall–Kier alpha value is -7.11. The van der Waals surface area contributed by atoms with E-state index in [0.29, 0.717) is 58.6 Å². The number of aliphatic carboxylic acids is 1. The van der Waals surface area contributed by atoms with Gasteiger partial charge in [-0.05, 0) is 97.1 Å². The highest BCUT2D eigenvalue weighted by Gasteiger charge is 2.17. The first kappa shape index (κ1) is 42.5. The second-order valence-corrected chi connectivity index (χ2v) is 14.1. The van der Waals surface area contributed by atoms with Crippen molar-refractivity contribution in [3.05, 3.63) is 142 Å². The van der Waals surface area contributed by atoms with E-state index in [1.54, 1.807) is 54.6 Å². The number of imidazole rings is 1. The molecule has 7 aromatic rings. The zero-order chi connectivity index (χ0) is 42.4. The minimum atomic E-state index is -0.865.